The summed E-state index contributed by atoms with van der Waals surface area (Å²) in [5.74, 6) is 0.0611. The van der Waals surface area contributed by atoms with Crippen molar-refractivity contribution in [2.75, 3.05) is 92.4 Å². The zero-order valence-corrected chi connectivity index (χ0v) is 25.2. The highest BCUT2D eigenvalue weighted by Crippen LogP contribution is 2.44. The number of carbonyl (C=O) groups is 1. The van der Waals surface area contributed by atoms with Crippen LogP contribution in [0.4, 0.5) is 4.79 Å². The van der Waals surface area contributed by atoms with E-state index >= 15 is 0 Å². The number of ether oxygens (including phenoxy) is 7. The molecule has 9 nitrogen and oxygen atoms in total. The molecular weight excluding hydrogens is 538 g/mol. The van der Waals surface area contributed by atoms with E-state index < -0.39 is 6.09 Å². The molecule has 2 aromatic rings. The van der Waals surface area contributed by atoms with Crippen molar-refractivity contribution in [3.05, 3.63) is 59.7 Å². The molecule has 9 heteroatoms. The number of hydrogen-bond acceptors (Lipinski definition) is 8. The summed E-state index contributed by atoms with van der Waals surface area (Å²) < 4.78 is 38.5. The first-order chi connectivity index (χ1) is 20.8. The second-order valence-corrected chi connectivity index (χ2v) is 9.99. The van der Waals surface area contributed by atoms with Gasteiger partial charge < -0.3 is 38.5 Å². The van der Waals surface area contributed by atoms with Gasteiger partial charge in [-0.15, -0.1) is 0 Å². The molecule has 1 N–H and O–H groups in total. The first-order valence-electron chi connectivity index (χ1n) is 15.4. The number of nitrogens with one attached hydrogen (secondary N) is 1. The van der Waals surface area contributed by atoms with Crippen LogP contribution >= 0.6 is 0 Å². The standard InChI is InChI=1S/C33H49NO8/c1-2-3-8-15-36-17-19-38-21-23-40-25-26-41-24-22-39-20-18-37-16-9-14-34-33(35)42-27-32-30-12-6-4-10-28(30)29-11-5-7-13-31(29)32/h4-7,10-13,32H,2-3,8-9,14-27H2,1H3,(H,34,35). The average molecular weight is 588 g/mol. The van der Waals surface area contributed by atoms with Crippen LogP contribution in [0.25, 0.3) is 11.1 Å². The Morgan fingerprint density at radius 3 is 1.50 bits per heavy atom. The zero-order chi connectivity index (χ0) is 29.5. The van der Waals surface area contributed by atoms with Crippen LogP contribution in [-0.2, 0) is 33.2 Å². The summed E-state index contributed by atoms with van der Waals surface area (Å²) in [6.07, 6.45) is 3.83. The third kappa shape index (κ3) is 13.2. The van der Waals surface area contributed by atoms with E-state index in [-0.39, 0.29) is 5.92 Å². The van der Waals surface area contributed by atoms with Gasteiger partial charge in [-0.3, -0.25) is 0 Å². The number of rotatable bonds is 25. The Morgan fingerprint density at radius 1 is 0.595 bits per heavy atom. The molecule has 0 heterocycles. The molecule has 0 aliphatic heterocycles. The molecule has 0 atom stereocenters. The molecule has 0 fully saturated rings. The van der Waals surface area contributed by atoms with Crippen LogP contribution < -0.4 is 5.32 Å². The molecule has 0 saturated heterocycles. The maximum absolute atomic E-state index is 12.2. The normalized spacial score (nSPS) is 12.3. The lowest BCUT2D eigenvalue weighted by atomic mass is 9.98. The van der Waals surface area contributed by atoms with Crippen LogP contribution in [0.2, 0.25) is 0 Å². The van der Waals surface area contributed by atoms with Gasteiger partial charge in [0.05, 0.1) is 66.1 Å². The molecule has 1 amide bonds. The second-order valence-electron chi connectivity index (χ2n) is 9.99. The average Bonchev–Trinajstić information content (AvgIpc) is 3.34. The summed E-state index contributed by atoms with van der Waals surface area (Å²) in [6.45, 7) is 9.77. The minimum atomic E-state index is -0.405. The van der Waals surface area contributed by atoms with Crippen LogP contribution in [0.1, 0.15) is 49.7 Å². The minimum absolute atomic E-state index is 0.0611. The van der Waals surface area contributed by atoms with E-state index in [0.717, 1.165) is 13.0 Å². The Kier molecular flexibility index (Phi) is 17.8. The highest BCUT2D eigenvalue weighted by Gasteiger charge is 2.28. The van der Waals surface area contributed by atoms with E-state index in [1.54, 1.807) is 0 Å². The van der Waals surface area contributed by atoms with Crippen LogP contribution in [0.5, 0.6) is 0 Å². The van der Waals surface area contributed by atoms with Crippen molar-refractivity contribution in [2.24, 2.45) is 0 Å². The molecule has 1 aliphatic rings. The molecule has 42 heavy (non-hydrogen) atoms. The fraction of sp³-hybridized carbons (Fsp3) is 0.606. The lowest BCUT2D eigenvalue weighted by Crippen LogP contribution is -2.27. The molecule has 0 spiro atoms. The summed E-state index contributed by atoms with van der Waals surface area (Å²) in [5.41, 5.74) is 4.84. The number of alkyl carbamates (subject to hydrolysis) is 1. The summed E-state index contributed by atoms with van der Waals surface area (Å²) in [4.78, 5) is 12.2. The van der Waals surface area contributed by atoms with E-state index in [9.17, 15) is 4.79 Å². The first kappa shape index (κ1) is 34.0. The molecule has 0 bridgehead atoms. The first-order valence-corrected chi connectivity index (χ1v) is 15.4. The van der Waals surface area contributed by atoms with E-state index in [2.05, 4.69) is 36.5 Å². The minimum Gasteiger partial charge on any atom is -0.449 e. The lowest BCUT2D eigenvalue weighted by Gasteiger charge is -2.14. The molecule has 234 valence electrons. The fourth-order valence-corrected chi connectivity index (χ4v) is 4.67. The topological polar surface area (TPSA) is 93.7 Å². The summed E-state index contributed by atoms with van der Waals surface area (Å²) in [5, 5.41) is 2.81. The number of carbonyl (C=O) groups excluding carboxylic acids is 1. The van der Waals surface area contributed by atoms with Crippen LogP contribution in [-0.4, -0.2) is 98.5 Å². The van der Waals surface area contributed by atoms with Gasteiger partial charge in [-0.05, 0) is 35.1 Å². The van der Waals surface area contributed by atoms with Gasteiger partial charge in [0.15, 0.2) is 0 Å². The largest absolute Gasteiger partial charge is 0.449 e. The monoisotopic (exact) mass is 587 g/mol. The SMILES string of the molecule is CCCCCOCCOCCOCCOCCOCCOCCCNC(=O)OCC1c2ccccc2-c2ccccc21. The highest BCUT2D eigenvalue weighted by atomic mass is 16.6. The Labute approximate surface area is 251 Å². The summed E-state index contributed by atoms with van der Waals surface area (Å²) >= 11 is 0. The number of benzene rings is 2. The van der Waals surface area contributed by atoms with Gasteiger partial charge in [0.25, 0.3) is 0 Å². The molecule has 1 aliphatic carbocycles. The Morgan fingerprint density at radius 2 is 1.02 bits per heavy atom. The maximum Gasteiger partial charge on any atom is 0.407 e. The third-order valence-corrected chi connectivity index (χ3v) is 6.83. The lowest BCUT2D eigenvalue weighted by molar-refractivity contribution is -0.0169. The van der Waals surface area contributed by atoms with E-state index in [0.29, 0.717) is 92.2 Å². The molecule has 3 rings (SSSR count). The summed E-state index contributed by atoms with van der Waals surface area (Å²) in [6, 6.07) is 16.6. The van der Waals surface area contributed by atoms with Crippen LogP contribution in [0.15, 0.2) is 48.5 Å². The van der Waals surface area contributed by atoms with Gasteiger partial charge >= 0.3 is 6.09 Å². The number of hydrogen-bond donors (Lipinski definition) is 1. The molecule has 2 aromatic carbocycles. The predicted octanol–water partition coefficient (Wildman–Crippen LogP) is 5.21. The van der Waals surface area contributed by atoms with E-state index in [4.69, 9.17) is 33.2 Å². The van der Waals surface area contributed by atoms with Crippen molar-refractivity contribution in [3.63, 3.8) is 0 Å². The van der Waals surface area contributed by atoms with E-state index in [1.165, 1.54) is 35.1 Å². The highest BCUT2D eigenvalue weighted by molar-refractivity contribution is 5.79. The van der Waals surface area contributed by atoms with Crippen molar-refractivity contribution in [1.29, 1.82) is 0 Å². The van der Waals surface area contributed by atoms with Gasteiger partial charge in [-0.2, -0.15) is 0 Å². The molecule has 0 radical (unpaired) electrons. The van der Waals surface area contributed by atoms with Crippen LogP contribution in [0, 0.1) is 0 Å². The van der Waals surface area contributed by atoms with Gasteiger partial charge in [0.2, 0.25) is 0 Å². The zero-order valence-electron chi connectivity index (χ0n) is 25.2. The van der Waals surface area contributed by atoms with Crippen molar-refractivity contribution in [2.45, 2.75) is 38.5 Å². The Hall–Kier alpha value is -2.53. The molecule has 0 unspecified atom stereocenters. The fourth-order valence-electron chi connectivity index (χ4n) is 4.67. The quantitative estimate of drug-likeness (QED) is 0.158. The Bertz CT molecular complexity index is 943. The maximum atomic E-state index is 12.2. The van der Waals surface area contributed by atoms with Gasteiger partial charge in [-0.25, -0.2) is 4.79 Å². The summed E-state index contributed by atoms with van der Waals surface area (Å²) in [7, 11) is 0. The smallest absolute Gasteiger partial charge is 0.407 e. The second kappa shape index (κ2) is 22.1. The van der Waals surface area contributed by atoms with Crippen molar-refractivity contribution in [3.8, 4) is 11.1 Å². The number of fused-ring (bicyclic) bond motifs is 3. The van der Waals surface area contributed by atoms with Crippen molar-refractivity contribution in [1.82, 2.24) is 5.32 Å². The Balaban J connectivity index is 1.05. The predicted molar refractivity (Wildman–Crippen MR) is 162 cm³/mol. The van der Waals surface area contributed by atoms with Gasteiger partial charge in [-0.1, -0.05) is 68.3 Å². The van der Waals surface area contributed by atoms with Crippen molar-refractivity contribution < 1.29 is 38.0 Å². The van der Waals surface area contributed by atoms with Crippen molar-refractivity contribution >= 4 is 6.09 Å². The molecule has 0 aromatic heterocycles. The number of unbranched alkanes of at least 4 members (excludes halogenated alkanes) is 2. The number of amides is 1. The van der Waals surface area contributed by atoms with E-state index in [1.807, 2.05) is 24.3 Å². The van der Waals surface area contributed by atoms with Gasteiger partial charge in [0, 0.05) is 25.7 Å². The van der Waals surface area contributed by atoms with Crippen LogP contribution in [0.3, 0.4) is 0 Å². The molecule has 0 saturated carbocycles. The third-order valence-electron chi connectivity index (χ3n) is 6.83. The molecular formula is C33H49NO8. The van der Waals surface area contributed by atoms with Gasteiger partial charge in [0.1, 0.15) is 6.61 Å².